The van der Waals surface area contributed by atoms with E-state index < -0.39 is 0 Å². The van der Waals surface area contributed by atoms with Gasteiger partial charge in [0.15, 0.2) is 0 Å². The van der Waals surface area contributed by atoms with Crippen LogP contribution < -0.4 is 14.8 Å². The van der Waals surface area contributed by atoms with E-state index in [9.17, 15) is 4.79 Å². The Balaban J connectivity index is 1.73. The van der Waals surface area contributed by atoms with Gasteiger partial charge in [-0.3, -0.25) is 4.79 Å². The summed E-state index contributed by atoms with van der Waals surface area (Å²) in [6.45, 7) is 7.30. The molecule has 0 unspecified atom stereocenters. The molecule has 2 aliphatic heterocycles. The Morgan fingerprint density at radius 1 is 1.10 bits per heavy atom. The van der Waals surface area contributed by atoms with E-state index in [-0.39, 0.29) is 11.5 Å². The molecular formula is C25H30N2O3. The first kappa shape index (κ1) is 20.5. The normalized spacial score (nSPS) is 17.0. The van der Waals surface area contributed by atoms with Gasteiger partial charge in [-0.05, 0) is 68.4 Å². The third-order valence-corrected chi connectivity index (χ3v) is 6.14. The average Bonchev–Trinajstić information content (AvgIpc) is 2.79. The zero-order valence-corrected chi connectivity index (χ0v) is 18.0. The van der Waals surface area contributed by atoms with E-state index in [0.29, 0.717) is 13.1 Å². The number of hydrogen-bond acceptors (Lipinski definition) is 4. The molecule has 30 heavy (non-hydrogen) atoms. The van der Waals surface area contributed by atoms with Crippen molar-refractivity contribution >= 4 is 11.5 Å². The minimum Gasteiger partial charge on any atom is -0.497 e. The van der Waals surface area contributed by atoms with Gasteiger partial charge in [-0.2, -0.15) is 0 Å². The molecule has 2 aliphatic rings. The van der Waals surface area contributed by atoms with E-state index in [4.69, 9.17) is 9.47 Å². The molecule has 5 heteroatoms. The van der Waals surface area contributed by atoms with Crippen LogP contribution in [0.5, 0.6) is 11.5 Å². The van der Waals surface area contributed by atoms with Gasteiger partial charge in [-0.1, -0.05) is 12.1 Å². The Bertz CT molecular complexity index is 939. The number of methoxy groups -OCH3 is 1. The van der Waals surface area contributed by atoms with Crippen molar-refractivity contribution in [3.8, 4) is 11.5 Å². The van der Waals surface area contributed by atoms with E-state index in [1.165, 1.54) is 0 Å². The smallest absolute Gasteiger partial charge is 0.253 e. The third-order valence-electron chi connectivity index (χ3n) is 6.14. The zero-order valence-electron chi connectivity index (χ0n) is 18.0. The van der Waals surface area contributed by atoms with Crippen LogP contribution in [-0.4, -0.2) is 49.7 Å². The van der Waals surface area contributed by atoms with Crippen LogP contribution in [0.1, 0.15) is 48.2 Å². The number of carbonyl (C=O) groups is 1. The molecule has 0 aliphatic carbocycles. The molecule has 1 N–H and O–H groups in total. The lowest BCUT2D eigenvalue weighted by Gasteiger charge is -2.40. The van der Waals surface area contributed by atoms with Gasteiger partial charge in [0.05, 0.1) is 7.11 Å². The van der Waals surface area contributed by atoms with Crippen molar-refractivity contribution in [2.24, 2.45) is 0 Å². The fourth-order valence-electron chi connectivity index (χ4n) is 4.35. The number of nitrogens with zero attached hydrogens (tertiary/aromatic N) is 1. The topological polar surface area (TPSA) is 50.8 Å². The van der Waals surface area contributed by atoms with Crippen LogP contribution in [0, 0.1) is 0 Å². The predicted molar refractivity (Wildman–Crippen MR) is 119 cm³/mol. The molecule has 0 aromatic heterocycles. The standard InChI is InChI=1S/C25H30N2O3/c1-4-27(5-2)24(28)19-8-6-18(7-9-19)22-17-25(12-14-26-15-13-25)30-23-16-20(29-3)10-11-21(22)23/h6-11,16-17,26H,4-5,12-15H2,1-3H3. The molecular weight excluding hydrogens is 376 g/mol. The largest absolute Gasteiger partial charge is 0.497 e. The van der Waals surface area contributed by atoms with Gasteiger partial charge in [0.2, 0.25) is 0 Å². The van der Waals surface area contributed by atoms with Crippen molar-refractivity contribution in [2.75, 3.05) is 33.3 Å². The first-order valence-corrected chi connectivity index (χ1v) is 10.8. The van der Waals surface area contributed by atoms with Crippen molar-refractivity contribution in [2.45, 2.75) is 32.3 Å². The fourth-order valence-corrected chi connectivity index (χ4v) is 4.35. The SMILES string of the molecule is CCN(CC)C(=O)c1ccc(C2=CC3(CCNCC3)Oc3cc(OC)ccc32)cc1. The highest BCUT2D eigenvalue weighted by molar-refractivity contribution is 5.95. The molecule has 2 heterocycles. The van der Waals surface area contributed by atoms with E-state index in [1.807, 2.05) is 43.0 Å². The molecule has 5 nitrogen and oxygen atoms in total. The molecule has 2 aromatic carbocycles. The minimum absolute atomic E-state index is 0.0764. The lowest BCUT2D eigenvalue weighted by molar-refractivity contribution is 0.0772. The van der Waals surface area contributed by atoms with Crippen LogP contribution in [0.15, 0.2) is 48.5 Å². The summed E-state index contributed by atoms with van der Waals surface area (Å²) >= 11 is 0. The van der Waals surface area contributed by atoms with Crippen LogP contribution in [0.25, 0.3) is 5.57 Å². The summed E-state index contributed by atoms with van der Waals surface area (Å²) in [5.41, 5.74) is 3.72. The Morgan fingerprint density at radius 3 is 2.43 bits per heavy atom. The highest BCUT2D eigenvalue weighted by atomic mass is 16.5. The van der Waals surface area contributed by atoms with Crippen molar-refractivity contribution in [3.05, 3.63) is 65.2 Å². The van der Waals surface area contributed by atoms with Gasteiger partial charge >= 0.3 is 0 Å². The first-order chi connectivity index (χ1) is 14.6. The molecule has 0 saturated carbocycles. The quantitative estimate of drug-likeness (QED) is 0.811. The maximum absolute atomic E-state index is 12.7. The molecule has 1 spiro atoms. The van der Waals surface area contributed by atoms with Gasteiger partial charge in [0.25, 0.3) is 5.91 Å². The molecule has 0 radical (unpaired) electrons. The van der Waals surface area contributed by atoms with E-state index >= 15 is 0 Å². The van der Waals surface area contributed by atoms with Crippen molar-refractivity contribution in [1.82, 2.24) is 10.2 Å². The van der Waals surface area contributed by atoms with Crippen LogP contribution >= 0.6 is 0 Å². The number of rotatable bonds is 5. The lowest BCUT2D eigenvalue weighted by atomic mass is 9.83. The average molecular weight is 407 g/mol. The number of ether oxygens (including phenoxy) is 2. The van der Waals surface area contributed by atoms with E-state index in [2.05, 4.69) is 29.6 Å². The number of benzene rings is 2. The van der Waals surface area contributed by atoms with Crippen LogP contribution in [0.4, 0.5) is 0 Å². The van der Waals surface area contributed by atoms with E-state index in [0.717, 1.165) is 59.7 Å². The summed E-state index contributed by atoms with van der Waals surface area (Å²) < 4.78 is 11.9. The number of piperidine rings is 1. The second-order valence-electron chi connectivity index (χ2n) is 7.89. The Hall–Kier alpha value is -2.79. The van der Waals surface area contributed by atoms with Crippen molar-refractivity contribution in [1.29, 1.82) is 0 Å². The van der Waals surface area contributed by atoms with Crippen molar-refractivity contribution < 1.29 is 14.3 Å². The molecule has 1 fully saturated rings. The summed E-state index contributed by atoms with van der Waals surface area (Å²) in [5, 5.41) is 3.42. The molecule has 2 aromatic rings. The van der Waals surface area contributed by atoms with Gasteiger partial charge in [-0.15, -0.1) is 0 Å². The van der Waals surface area contributed by atoms with Crippen molar-refractivity contribution in [3.63, 3.8) is 0 Å². The summed E-state index contributed by atoms with van der Waals surface area (Å²) in [6.07, 6.45) is 4.13. The molecule has 4 rings (SSSR count). The maximum Gasteiger partial charge on any atom is 0.253 e. The molecule has 0 atom stereocenters. The van der Waals surface area contributed by atoms with Crippen LogP contribution in [0.3, 0.4) is 0 Å². The first-order valence-electron chi connectivity index (χ1n) is 10.8. The van der Waals surface area contributed by atoms with Gasteiger partial charge < -0.3 is 19.7 Å². The second kappa shape index (κ2) is 8.52. The highest BCUT2D eigenvalue weighted by Gasteiger charge is 2.37. The lowest BCUT2D eigenvalue weighted by Crippen LogP contribution is -2.46. The number of carbonyl (C=O) groups excluding carboxylic acids is 1. The molecule has 1 saturated heterocycles. The van der Waals surface area contributed by atoms with Gasteiger partial charge in [-0.25, -0.2) is 0 Å². The van der Waals surface area contributed by atoms with Crippen LogP contribution in [0.2, 0.25) is 0 Å². The molecule has 1 amide bonds. The highest BCUT2D eigenvalue weighted by Crippen LogP contribution is 2.44. The van der Waals surface area contributed by atoms with E-state index in [1.54, 1.807) is 7.11 Å². The Kier molecular flexibility index (Phi) is 5.82. The van der Waals surface area contributed by atoms with Gasteiger partial charge in [0, 0.05) is 43.1 Å². The van der Waals surface area contributed by atoms with Crippen LogP contribution in [-0.2, 0) is 0 Å². The second-order valence-corrected chi connectivity index (χ2v) is 7.89. The number of amides is 1. The zero-order chi connectivity index (χ0) is 21.1. The summed E-state index contributed by atoms with van der Waals surface area (Å²) in [6, 6.07) is 14.0. The third kappa shape index (κ3) is 3.82. The predicted octanol–water partition coefficient (Wildman–Crippen LogP) is 4.12. The Labute approximate surface area is 178 Å². The number of hydrogen-bond donors (Lipinski definition) is 1. The summed E-state index contributed by atoms with van der Waals surface area (Å²) in [5.74, 6) is 1.73. The molecule has 158 valence electrons. The number of nitrogens with one attached hydrogen (secondary N) is 1. The minimum atomic E-state index is -0.310. The monoisotopic (exact) mass is 406 g/mol. The number of fused-ring (bicyclic) bond motifs is 1. The van der Waals surface area contributed by atoms with Gasteiger partial charge in [0.1, 0.15) is 17.1 Å². The Morgan fingerprint density at radius 2 is 1.80 bits per heavy atom. The molecule has 0 bridgehead atoms. The fraction of sp³-hybridized carbons (Fsp3) is 0.400. The summed E-state index contributed by atoms with van der Waals surface area (Å²) in [7, 11) is 1.67. The summed E-state index contributed by atoms with van der Waals surface area (Å²) in [4.78, 5) is 14.5. The maximum atomic E-state index is 12.7.